The summed E-state index contributed by atoms with van der Waals surface area (Å²) >= 11 is 0. The highest BCUT2D eigenvalue weighted by Crippen LogP contribution is 2.09. The predicted octanol–water partition coefficient (Wildman–Crippen LogP) is 0.609. The first-order chi connectivity index (χ1) is 6.76. The number of hydrogen-bond acceptors (Lipinski definition) is 5. The molecule has 2 N–H and O–H groups in total. The molecule has 0 saturated carbocycles. The van der Waals surface area contributed by atoms with Gasteiger partial charge in [-0.3, -0.25) is 9.59 Å². The molecule has 0 fully saturated rings. The fourth-order valence-corrected chi connectivity index (χ4v) is 0.895. The van der Waals surface area contributed by atoms with Crippen LogP contribution in [0.15, 0.2) is 0 Å². The van der Waals surface area contributed by atoms with Gasteiger partial charge in [-0.15, -0.1) is 0 Å². The van der Waals surface area contributed by atoms with E-state index in [9.17, 15) is 9.59 Å². The van der Waals surface area contributed by atoms with Crippen LogP contribution in [0.1, 0.15) is 34.1 Å². The van der Waals surface area contributed by atoms with Crippen molar-refractivity contribution in [2.75, 3.05) is 6.61 Å². The molecule has 0 heterocycles. The molecule has 0 bridgehead atoms. The highest BCUT2D eigenvalue weighted by molar-refractivity contribution is 5.82. The van der Waals surface area contributed by atoms with Crippen molar-refractivity contribution in [1.82, 2.24) is 0 Å². The summed E-state index contributed by atoms with van der Waals surface area (Å²) in [5, 5.41) is 0. The number of nitrogens with two attached hydrogens (primary N) is 1. The molecule has 0 amide bonds. The minimum Gasteiger partial charge on any atom is -0.465 e. The van der Waals surface area contributed by atoms with Crippen molar-refractivity contribution in [2.45, 2.75) is 45.8 Å². The van der Waals surface area contributed by atoms with Gasteiger partial charge in [-0.25, -0.2) is 0 Å². The smallest absolute Gasteiger partial charge is 0.323 e. The molecule has 0 aliphatic rings. The van der Waals surface area contributed by atoms with Crippen LogP contribution in [0.4, 0.5) is 0 Å². The van der Waals surface area contributed by atoms with Crippen molar-refractivity contribution in [1.29, 1.82) is 0 Å². The Morgan fingerprint density at radius 1 is 1.33 bits per heavy atom. The van der Waals surface area contributed by atoms with Gasteiger partial charge in [0.15, 0.2) is 0 Å². The van der Waals surface area contributed by atoms with E-state index in [4.69, 9.17) is 10.5 Å². The van der Waals surface area contributed by atoms with E-state index in [0.29, 0.717) is 0 Å². The summed E-state index contributed by atoms with van der Waals surface area (Å²) in [6.45, 7) is 7.18. The highest BCUT2D eigenvalue weighted by Gasteiger charge is 2.23. The van der Waals surface area contributed by atoms with Crippen molar-refractivity contribution in [3.8, 4) is 0 Å². The molecule has 0 saturated heterocycles. The van der Waals surface area contributed by atoms with Gasteiger partial charge in [-0.1, -0.05) is 0 Å². The Balaban J connectivity index is 4.02. The zero-order valence-corrected chi connectivity index (χ0v) is 9.70. The maximum absolute atomic E-state index is 11.3. The van der Waals surface area contributed by atoms with Crippen LogP contribution in [0.2, 0.25) is 0 Å². The normalized spacial score (nSPS) is 13.1. The van der Waals surface area contributed by atoms with Gasteiger partial charge >= 0.3 is 11.9 Å². The van der Waals surface area contributed by atoms with Gasteiger partial charge in [-0.2, -0.15) is 0 Å². The molecule has 0 rings (SSSR count). The lowest BCUT2D eigenvalue weighted by Gasteiger charge is -2.20. The van der Waals surface area contributed by atoms with Crippen molar-refractivity contribution >= 4 is 11.9 Å². The number of carbonyl (C=O) groups excluding carboxylic acids is 2. The number of rotatable bonds is 4. The molecule has 88 valence electrons. The van der Waals surface area contributed by atoms with Crippen LogP contribution in [0.3, 0.4) is 0 Å². The van der Waals surface area contributed by atoms with E-state index in [0.717, 1.165) is 0 Å². The molecule has 1 atom stereocenters. The van der Waals surface area contributed by atoms with Gasteiger partial charge in [0.2, 0.25) is 0 Å². The molecule has 5 heteroatoms. The first-order valence-electron chi connectivity index (χ1n) is 4.90. The molecular weight excluding hydrogens is 198 g/mol. The third-order valence-electron chi connectivity index (χ3n) is 1.40. The average Bonchev–Trinajstić information content (AvgIpc) is 2.00. The van der Waals surface area contributed by atoms with Gasteiger partial charge in [0.25, 0.3) is 0 Å². The second-order valence-corrected chi connectivity index (χ2v) is 4.15. The number of esters is 2. The predicted molar refractivity (Wildman–Crippen MR) is 55.1 cm³/mol. The molecule has 0 aromatic carbocycles. The van der Waals surface area contributed by atoms with Crippen LogP contribution in [0.5, 0.6) is 0 Å². The summed E-state index contributed by atoms with van der Waals surface area (Å²) in [6.07, 6.45) is -0.157. The Hall–Kier alpha value is -1.10. The van der Waals surface area contributed by atoms with Crippen molar-refractivity contribution in [3.63, 3.8) is 0 Å². The molecular formula is C10H19NO4. The fraction of sp³-hybridized carbons (Fsp3) is 0.800. The molecule has 0 aliphatic carbocycles. The topological polar surface area (TPSA) is 78.6 Å². The molecule has 0 radical (unpaired) electrons. The summed E-state index contributed by atoms with van der Waals surface area (Å²) in [5.74, 6) is -1.08. The van der Waals surface area contributed by atoms with Gasteiger partial charge < -0.3 is 15.2 Å². The molecule has 0 aromatic heterocycles. The van der Waals surface area contributed by atoms with Crippen LogP contribution >= 0.6 is 0 Å². The molecule has 0 aliphatic heterocycles. The van der Waals surface area contributed by atoms with E-state index in [-0.39, 0.29) is 13.0 Å². The second-order valence-electron chi connectivity index (χ2n) is 4.15. The first kappa shape index (κ1) is 13.9. The Morgan fingerprint density at radius 3 is 2.27 bits per heavy atom. The van der Waals surface area contributed by atoms with E-state index in [1.165, 1.54) is 0 Å². The Bertz CT molecular complexity index is 232. The fourth-order valence-electron chi connectivity index (χ4n) is 0.895. The van der Waals surface area contributed by atoms with Crippen LogP contribution in [-0.2, 0) is 19.1 Å². The lowest BCUT2D eigenvalue weighted by molar-refractivity contribution is -0.159. The Kier molecular flexibility index (Phi) is 5.28. The molecule has 5 nitrogen and oxygen atoms in total. The minimum atomic E-state index is -0.945. The Morgan fingerprint density at radius 2 is 1.87 bits per heavy atom. The van der Waals surface area contributed by atoms with E-state index in [1.54, 1.807) is 27.7 Å². The van der Waals surface area contributed by atoms with Crippen LogP contribution < -0.4 is 5.73 Å². The minimum absolute atomic E-state index is 0.157. The van der Waals surface area contributed by atoms with Gasteiger partial charge in [0.1, 0.15) is 11.6 Å². The number of carbonyl (C=O) groups is 2. The van der Waals surface area contributed by atoms with Crippen LogP contribution in [0, 0.1) is 0 Å². The highest BCUT2D eigenvalue weighted by atomic mass is 16.6. The maximum atomic E-state index is 11.3. The summed E-state index contributed by atoms with van der Waals surface area (Å²) in [5.41, 5.74) is 4.88. The quantitative estimate of drug-likeness (QED) is 0.698. The monoisotopic (exact) mass is 217 g/mol. The second kappa shape index (κ2) is 5.70. The van der Waals surface area contributed by atoms with E-state index in [1.807, 2.05) is 0 Å². The maximum Gasteiger partial charge on any atom is 0.323 e. The molecule has 15 heavy (non-hydrogen) atoms. The van der Waals surface area contributed by atoms with E-state index >= 15 is 0 Å². The lowest BCUT2D eigenvalue weighted by Crippen LogP contribution is -2.36. The molecule has 0 spiro atoms. The van der Waals surface area contributed by atoms with Crippen LogP contribution in [-0.4, -0.2) is 30.2 Å². The molecule has 0 unspecified atom stereocenters. The van der Waals surface area contributed by atoms with Crippen molar-refractivity contribution in [2.24, 2.45) is 5.73 Å². The zero-order chi connectivity index (χ0) is 12.1. The zero-order valence-electron chi connectivity index (χ0n) is 9.70. The van der Waals surface area contributed by atoms with E-state index in [2.05, 4.69) is 4.74 Å². The largest absolute Gasteiger partial charge is 0.465 e. The first-order valence-corrected chi connectivity index (χ1v) is 4.90. The third kappa shape index (κ3) is 6.90. The van der Waals surface area contributed by atoms with Gasteiger partial charge in [0.05, 0.1) is 13.0 Å². The van der Waals surface area contributed by atoms with Gasteiger partial charge in [-0.05, 0) is 27.7 Å². The molecule has 0 aromatic rings. The summed E-state index contributed by atoms with van der Waals surface area (Å²) in [4.78, 5) is 22.4. The summed E-state index contributed by atoms with van der Waals surface area (Å²) < 4.78 is 9.67. The summed E-state index contributed by atoms with van der Waals surface area (Å²) in [6, 6.07) is -0.945. The van der Waals surface area contributed by atoms with Gasteiger partial charge in [0, 0.05) is 0 Å². The number of hydrogen-bond donors (Lipinski definition) is 1. The SMILES string of the molecule is CCOC(=O)[C@@H](N)CC(=O)OC(C)(C)C. The lowest BCUT2D eigenvalue weighted by atomic mass is 10.2. The van der Waals surface area contributed by atoms with Crippen molar-refractivity contribution < 1.29 is 19.1 Å². The standard InChI is InChI=1S/C10H19NO4/c1-5-14-9(13)7(11)6-8(12)15-10(2,3)4/h7H,5-6,11H2,1-4H3/t7-/m0/s1. The number of ether oxygens (including phenoxy) is 2. The average molecular weight is 217 g/mol. The third-order valence-corrected chi connectivity index (χ3v) is 1.40. The summed E-state index contributed by atoms with van der Waals surface area (Å²) in [7, 11) is 0. The van der Waals surface area contributed by atoms with E-state index < -0.39 is 23.6 Å². The van der Waals surface area contributed by atoms with Crippen LogP contribution in [0.25, 0.3) is 0 Å². The van der Waals surface area contributed by atoms with Crippen molar-refractivity contribution in [3.05, 3.63) is 0 Å². The Labute approximate surface area is 89.9 Å².